The van der Waals surface area contributed by atoms with E-state index in [0.29, 0.717) is 12.2 Å². The Bertz CT molecular complexity index is 398. The molecule has 5 nitrogen and oxygen atoms in total. The van der Waals surface area contributed by atoms with Gasteiger partial charge in [0.2, 0.25) is 0 Å². The van der Waals surface area contributed by atoms with Crippen molar-refractivity contribution in [1.29, 1.82) is 0 Å². The highest BCUT2D eigenvalue weighted by Gasteiger charge is 2.07. The van der Waals surface area contributed by atoms with Gasteiger partial charge in [0, 0.05) is 24.7 Å². The van der Waals surface area contributed by atoms with Crippen LogP contribution in [0.4, 0.5) is 11.5 Å². The highest BCUT2D eigenvalue weighted by Crippen LogP contribution is 2.15. The quantitative estimate of drug-likeness (QED) is 0.462. The maximum atomic E-state index is 10.5. The van der Waals surface area contributed by atoms with Crippen LogP contribution >= 0.6 is 0 Å². The van der Waals surface area contributed by atoms with Crippen LogP contribution in [0.25, 0.3) is 0 Å². The minimum absolute atomic E-state index is 0.0143. The van der Waals surface area contributed by atoms with E-state index in [0.717, 1.165) is 0 Å². The van der Waals surface area contributed by atoms with E-state index in [1.165, 1.54) is 18.3 Å². The SMILES string of the molecule is C#CCC(C)Nc1cc([N+](=O)[O-])ccn1. The third kappa shape index (κ3) is 3.27. The first-order valence-corrected chi connectivity index (χ1v) is 4.44. The molecule has 0 aromatic carbocycles. The first-order valence-electron chi connectivity index (χ1n) is 4.44. The maximum absolute atomic E-state index is 10.5. The van der Waals surface area contributed by atoms with Crippen LogP contribution in [-0.4, -0.2) is 15.9 Å². The Balaban J connectivity index is 2.74. The standard InChI is InChI=1S/C10H11N3O2/c1-3-4-8(2)12-10-7-9(13(14)15)5-6-11-10/h1,5-8H,4H2,2H3,(H,11,12). The molecule has 1 rings (SSSR count). The van der Waals surface area contributed by atoms with Crippen molar-refractivity contribution in [3.8, 4) is 12.3 Å². The van der Waals surface area contributed by atoms with Crippen LogP contribution in [0, 0.1) is 22.5 Å². The van der Waals surface area contributed by atoms with Gasteiger partial charge in [-0.2, -0.15) is 0 Å². The molecule has 78 valence electrons. The summed E-state index contributed by atoms with van der Waals surface area (Å²) in [7, 11) is 0. The van der Waals surface area contributed by atoms with Crippen molar-refractivity contribution in [2.75, 3.05) is 5.32 Å². The summed E-state index contributed by atoms with van der Waals surface area (Å²) in [5.74, 6) is 2.97. The fourth-order valence-corrected chi connectivity index (χ4v) is 1.09. The lowest BCUT2D eigenvalue weighted by Gasteiger charge is -2.10. The Labute approximate surface area is 87.7 Å². The number of hydrogen-bond acceptors (Lipinski definition) is 4. The van der Waals surface area contributed by atoms with Crippen LogP contribution in [-0.2, 0) is 0 Å². The van der Waals surface area contributed by atoms with E-state index >= 15 is 0 Å². The third-order valence-electron chi connectivity index (χ3n) is 1.77. The van der Waals surface area contributed by atoms with E-state index in [1.807, 2.05) is 6.92 Å². The summed E-state index contributed by atoms with van der Waals surface area (Å²) in [5, 5.41) is 13.5. The molecular formula is C10H11N3O2. The van der Waals surface area contributed by atoms with Crippen molar-refractivity contribution in [3.05, 3.63) is 28.4 Å². The van der Waals surface area contributed by atoms with Gasteiger partial charge in [0.15, 0.2) is 0 Å². The van der Waals surface area contributed by atoms with Gasteiger partial charge in [-0.1, -0.05) is 0 Å². The topological polar surface area (TPSA) is 68.1 Å². The molecule has 0 amide bonds. The van der Waals surface area contributed by atoms with Crippen LogP contribution in [0.15, 0.2) is 18.3 Å². The summed E-state index contributed by atoms with van der Waals surface area (Å²) in [4.78, 5) is 14.0. The van der Waals surface area contributed by atoms with Gasteiger partial charge in [-0.25, -0.2) is 4.98 Å². The maximum Gasteiger partial charge on any atom is 0.274 e. The van der Waals surface area contributed by atoms with Crippen molar-refractivity contribution in [2.24, 2.45) is 0 Å². The number of rotatable bonds is 4. The van der Waals surface area contributed by atoms with Gasteiger partial charge in [0.05, 0.1) is 11.0 Å². The minimum Gasteiger partial charge on any atom is -0.366 e. The van der Waals surface area contributed by atoms with Crippen LogP contribution in [0.1, 0.15) is 13.3 Å². The Morgan fingerprint density at radius 2 is 2.53 bits per heavy atom. The van der Waals surface area contributed by atoms with Crippen molar-refractivity contribution >= 4 is 11.5 Å². The second kappa shape index (κ2) is 4.96. The summed E-state index contributed by atoms with van der Waals surface area (Å²) in [6.07, 6.45) is 7.08. The van der Waals surface area contributed by atoms with Crippen LogP contribution < -0.4 is 5.32 Å². The lowest BCUT2D eigenvalue weighted by molar-refractivity contribution is -0.384. The first kappa shape index (κ1) is 11.0. The molecule has 0 aliphatic heterocycles. The summed E-state index contributed by atoms with van der Waals surface area (Å²) in [6, 6.07) is 2.77. The number of pyridine rings is 1. The molecule has 1 unspecified atom stereocenters. The van der Waals surface area contributed by atoms with E-state index in [4.69, 9.17) is 6.42 Å². The molecule has 1 N–H and O–H groups in total. The molecule has 15 heavy (non-hydrogen) atoms. The second-order valence-electron chi connectivity index (χ2n) is 3.11. The van der Waals surface area contributed by atoms with E-state index in [9.17, 15) is 10.1 Å². The molecule has 0 saturated carbocycles. The average molecular weight is 205 g/mol. The summed E-state index contributed by atoms with van der Waals surface area (Å²) in [6.45, 7) is 1.89. The predicted octanol–water partition coefficient (Wildman–Crippen LogP) is 1.81. The lowest BCUT2D eigenvalue weighted by Crippen LogP contribution is -2.14. The van der Waals surface area contributed by atoms with Crippen LogP contribution in [0.5, 0.6) is 0 Å². The number of aromatic nitrogens is 1. The Morgan fingerprint density at radius 3 is 3.13 bits per heavy atom. The van der Waals surface area contributed by atoms with Crippen molar-refractivity contribution in [1.82, 2.24) is 4.98 Å². The van der Waals surface area contributed by atoms with Gasteiger partial charge >= 0.3 is 0 Å². The zero-order valence-electron chi connectivity index (χ0n) is 8.30. The smallest absolute Gasteiger partial charge is 0.274 e. The summed E-state index contributed by atoms with van der Waals surface area (Å²) in [5.41, 5.74) is 0.0143. The van der Waals surface area contributed by atoms with Crippen molar-refractivity contribution in [3.63, 3.8) is 0 Å². The minimum atomic E-state index is -0.460. The summed E-state index contributed by atoms with van der Waals surface area (Å²) < 4.78 is 0. The predicted molar refractivity (Wildman–Crippen MR) is 57.4 cm³/mol. The molecule has 1 aromatic heterocycles. The zero-order valence-corrected chi connectivity index (χ0v) is 8.30. The van der Waals surface area contributed by atoms with Crippen LogP contribution in [0.3, 0.4) is 0 Å². The normalized spacial score (nSPS) is 11.5. The first-order chi connectivity index (χ1) is 7.13. The lowest BCUT2D eigenvalue weighted by atomic mass is 10.2. The highest BCUT2D eigenvalue weighted by atomic mass is 16.6. The van der Waals surface area contributed by atoms with Gasteiger partial charge in [0.25, 0.3) is 5.69 Å². The Hall–Kier alpha value is -2.09. The molecule has 1 heterocycles. The van der Waals surface area contributed by atoms with Gasteiger partial charge < -0.3 is 5.32 Å². The van der Waals surface area contributed by atoms with Gasteiger partial charge in [0.1, 0.15) is 5.82 Å². The summed E-state index contributed by atoms with van der Waals surface area (Å²) >= 11 is 0. The van der Waals surface area contributed by atoms with E-state index in [1.54, 1.807) is 0 Å². The number of anilines is 1. The Kier molecular flexibility index (Phi) is 3.63. The number of nitrogens with zero attached hydrogens (tertiary/aromatic N) is 2. The highest BCUT2D eigenvalue weighted by molar-refractivity contribution is 5.44. The average Bonchev–Trinajstić information content (AvgIpc) is 2.18. The number of terminal acetylenes is 1. The second-order valence-corrected chi connectivity index (χ2v) is 3.11. The van der Waals surface area contributed by atoms with Gasteiger partial charge in [-0.05, 0) is 6.92 Å². The van der Waals surface area contributed by atoms with E-state index < -0.39 is 4.92 Å². The van der Waals surface area contributed by atoms with E-state index in [2.05, 4.69) is 16.2 Å². The molecule has 0 radical (unpaired) electrons. The molecule has 0 aliphatic rings. The molecule has 1 atom stereocenters. The molecule has 0 fully saturated rings. The zero-order chi connectivity index (χ0) is 11.3. The van der Waals surface area contributed by atoms with E-state index in [-0.39, 0.29) is 11.7 Å². The third-order valence-corrected chi connectivity index (χ3v) is 1.77. The molecule has 0 saturated heterocycles. The molecule has 0 spiro atoms. The van der Waals surface area contributed by atoms with Crippen LogP contribution in [0.2, 0.25) is 0 Å². The number of nitro groups is 1. The molecule has 1 aromatic rings. The fourth-order valence-electron chi connectivity index (χ4n) is 1.09. The van der Waals surface area contributed by atoms with Crippen molar-refractivity contribution < 1.29 is 4.92 Å². The monoisotopic (exact) mass is 205 g/mol. The fraction of sp³-hybridized carbons (Fsp3) is 0.300. The van der Waals surface area contributed by atoms with Gasteiger partial charge in [-0.15, -0.1) is 12.3 Å². The number of hydrogen-bond donors (Lipinski definition) is 1. The molecule has 5 heteroatoms. The van der Waals surface area contributed by atoms with Gasteiger partial charge in [-0.3, -0.25) is 10.1 Å². The largest absolute Gasteiger partial charge is 0.366 e. The Morgan fingerprint density at radius 1 is 1.80 bits per heavy atom. The number of nitrogens with one attached hydrogen (secondary N) is 1. The molecule has 0 bridgehead atoms. The van der Waals surface area contributed by atoms with Crippen molar-refractivity contribution in [2.45, 2.75) is 19.4 Å². The molecular weight excluding hydrogens is 194 g/mol. The molecule has 0 aliphatic carbocycles.